The predicted molar refractivity (Wildman–Crippen MR) is 137 cm³/mol. The summed E-state index contributed by atoms with van der Waals surface area (Å²) < 4.78 is 6.48. The van der Waals surface area contributed by atoms with Crippen molar-refractivity contribution in [2.45, 2.75) is 26.0 Å². The molecule has 0 unspecified atom stereocenters. The van der Waals surface area contributed by atoms with E-state index < -0.39 is 18.0 Å². The molecule has 4 aromatic rings. The molecule has 4 rings (SSSR count). The summed E-state index contributed by atoms with van der Waals surface area (Å²) in [5, 5.41) is 31.5. The first-order valence-electron chi connectivity index (χ1n) is 11.7. The number of hydrogen-bond acceptors (Lipinski definition) is 7. The van der Waals surface area contributed by atoms with Crippen molar-refractivity contribution in [1.82, 2.24) is 15.0 Å². The molecule has 3 N–H and O–H groups in total. The van der Waals surface area contributed by atoms with E-state index >= 15 is 0 Å². The van der Waals surface area contributed by atoms with Crippen LogP contribution in [0.25, 0.3) is 10.9 Å². The highest BCUT2D eigenvalue weighted by Gasteiger charge is 2.28. The van der Waals surface area contributed by atoms with Gasteiger partial charge in [0.1, 0.15) is 11.3 Å². The van der Waals surface area contributed by atoms with Crippen molar-refractivity contribution in [3.63, 3.8) is 0 Å². The second kappa shape index (κ2) is 11.4. The number of ether oxygens (including phenoxy) is 1. The van der Waals surface area contributed by atoms with E-state index in [0.29, 0.717) is 40.1 Å². The molecule has 0 spiro atoms. The van der Waals surface area contributed by atoms with Crippen LogP contribution in [0.15, 0.2) is 77.6 Å². The fourth-order valence-corrected chi connectivity index (χ4v) is 3.92. The number of carbonyl (C=O) groups is 2. The van der Waals surface area contributed by atoms with Gasteiger partial charge in [-0.15, -0.1) is 5.10 Å². The number of aliphatic carboxylic acids is 1. The van der Waals surface area contributed by atoms with Gasteiger partial charge in [-0.2, -0.15) is 0 Å². The molecule has 3 aromatic carbocycles. The number of aliphatic hydroxyl groups excluding tert-OH is 1. The van der Waals surface area contributed by atoms with E-state index in [4.69, 9.17) is 4.74 Å². The highest BCUT2D eigenvalue weighted by Crippen LogP contribution is 2.27. The fourth-order valence-electron chi connectivity index (χ4n) is 3.92. The summed E-state index contributed by atoms with van der Waals surface area (Å²) in [7, 11) is 0. The lowest BCUT2D eigenvalue weighted by atomic mass is 9.92. The van der Waals surface area contributed by atoms with Gasteiger partial charge < -0.3 is 20.3 Å². The Morgan fingerprint density at radius 1 is 1.03 bits per heavy atom. The summed E-state index contributed by atoms with van der Waals surface area (Å²) in [6.07, 6.45) is -1.38. The standard InChI is InChI=1S/C27H26N4O6/c1-2-37-20-13-9-18(10-14-20)25(33)28-19-11-7-17(8-12-19)24(32)22(27(35)36)15-16-31-26(34)21-5-3-4-6-23(21)29-30-31/h3-14,22,24,32H,2,15-16H2,1H3,(H,28,33)(H,35,36)/t22-,24+/m0/s1. The zero-order valence-corrected chi connectivity index (χ0v) is 20.1. The minimum atomic E-state index is -1.34. The van der Waals surface area contributed by atoms with Crippen LogP contribution in [0.1, 0.15) is 35.4 Å². The van der Waals surface area contributed by atoms with Gasteiger partial charge in [0, 0.05) is 17.8 Å². The van der Waals surface area contributed by atoms with Gasteiger partial charge in [-0.3, -0.25) is 14.4 Å². The lowest BCUT2D eigenvalue weighted by Gasteiger charge is -2.20. The molecule has 0 aliphatic heterocycles. The number of aryl methyl sites for hydroxylation is 1. The first-order chi connectivity index (χ1) is 17.9. The summed E-state index contributed by atoms with van der Waals surface area (Å²) in [5.41, 5.74) is 1.37. The maximum atomic E-state index is 12.6. The molecular formula is C27H26N4O6. The Labute approximate surface area is 212 Å². The minimum Gasteiger partial charge on any atom is -0.494 e. The molecule has 0 saturated carbocycles. The van der Waals surface area contributed by atoms with Crippen molar-refractivity contribution in [3.05, 3.63) is 94.3 Å². The van der Waals surface area contributed by atoms with Crippen LogP contribution < -0.4 is 15.6 Å². The Morgan fingerprint density at radius 2 is 1.73 bits per heavy atom. The number of anilines is 1. The van der Waals surface area contributed by atoms with E-state index in [-0.39, 0.29) is 24.4 Å². The lowest BCUT2D eigenvalue weighted by Crippen LogP contribution is -2.29. The van der Waals surface area contributed by atoms with Crippen LogP contribution in [0.3, 0.4) is 0 Å². The molecule has 2 atom stereocenters. The first kappa shape index (κ1) is 25.5. The van der Waals surface area contributed by atoms with E-state index in [9.17, 15) is 24.6 Å². The summed E-state index contributed by atoms with van der Waals surface area (Å²) in [6, 6.07) is 19.8. The largest absolute Gasteiger partial charge is 0.494 e. The van der Waals surface area contributed by atoms with E-state index in [0.717, 1.165) is 4.68 Å². The van der Waals surface area contributed by atoms with Gasteiger partial charge in [0.05, 0.1) is 24.0 Å². The Hall–Kier alpha value is -4.57. The van der Waals surface area contributed by atoms with Gasteiger partial charge in [0.25, 0.3) is 11.5 Å². The number of carboxylic acids is 1. The van der Waals surface area contributed by atoms with Crippen molar-refractivity contribution < 1.29 is 24.5 Å². The third-order valence-electron chi connectivity index (χ3n) is 5.92. The van der Waals surface area contributed by atoms with Crippen molar-refractivity contribution in [2.75, 3.05) is 11.9 Å². The number of fused-ring (bicyclic) bond motifs is 1. The monoisotopic (exact) mass is 502 g/mol. The topological polar surface area (TPSA) is 144 Å². The molecule has 0 saturated heterocycles. The van der Waals surface area contributed by atoms with Crippen LogP contribution in [0.2, 0.25) is 0 Å². The van der Waals surface area contributed by atoms with Crippen LogP contribution in [0, 0.1) is 5.92 Å². The van der Waals surface area contributed by atoms with Gasteiger partial charge in [-0.1, -0.05) is 29.5 Å². The first-order valence-corrected chi connectivity index (χ1v) is 11.7. The summed E-state index contributed by atoms with van der Waals surface area (Å²) in [4.78, 5) is 37.1. The molecule has 0 radical (unpaired) electrons. The number of nitrogens with one attached hydrogen (secondary N) is 1. The van der Waals surface area contributed by atoms with E-state index in [2.05, 4.69) is 15.6 Å². The van der Waals surface area contributed by atoms with E-state index in [1.165, 1.54) is 0 Å². The highest BCUT2D eigenvalue weighted by molar-refractivity contribution is 6.04. The fraction of sp³-hybridized carbons (Fsp3) is 0.222. The molecule has 0 aliphatic carbocycles. The predicted octanol–water partition coefficient (Wildman–Crippen LogP) is 3.27. The van der Waals surface area contributed by atoms with E-state index in [1.54, 1.807) is 72.8 Å². The molecule has 10 heteroatoms. The number of hydrogen-bond donors (Lipinski definition) is 3. The smallest absolute Gasteiger partial charge is 0.309 e. The van der Waals surface area contributed by atoms with Gasteiger partial charge >= 0.3 is 5.97 Å². The third-order valence-corrected chi connectivity index (χ3v) is 5.92. The SMILES string of the molecule is CCOc1ccc(C(=O)Nc2ccc([C@@H](O)[C@H](CCn3nnc4ccccc4c3=O)C(=O)O)cc2)cc1. The Morgan fingerprint density at radius 3 is 2.41 bits per heavy atom. The maximum absolute atomic E-state index is 12.6. The van der Waals surface area contributed by atoms with Crippen LogP contribution in [0.4, 0.5) is 5.69 Å². The van der Waals surface area contributed by atoms with Gasteiger partial charge in [0.15, 0.2) is 0 Å². The number of carboxylic acid groups (broad SMARTS) is 1. The minimum absolute atomic E-state index is 0.0269. The molecule has 0 fully saturated rings. The number of nitrogens with zero attached hydrogens (tertiary/aromatic N) is 3. The number of amides is 1. The van der Waals surface area contributed by atoms with Gasteiger partial charge in [-0.05, 0) is 67.4 Å². The molecule has 0 bridgehead atoms. The quantitative estimate of drug-likeness (QED) is 0.300. The number of aliphatic hydroxyl groups is 1. The Bertz CT molecular complexity index is 1450. The number of aromatic nitrogens is 3. The van der Waals surface area contributed by atoms with Gasteiger partial charge in [-0.25, -0.2) is 4.68 Å². The second-order valence-corrected chi connectivity index (χ2v) is 8.35. The number of rotatable bonds is 10. The maximum Gasteiger partial charge on any atom is 0.309 e. The molecule has 1 amide bonds. The Balaban J connectivity index is 1.41. The Kier molecular flexibility index (Phi) is 7.89. The molecule has 1 aromatic heterocycles. The van der Waals surface area contributed by atoms with Crippen molar-refractivity contribution in [1.29, 1.82) is 0 Å². The van der Waals surface area contributed by atoms with Crippen LogP contribution >= 0.6 is 0 Å². The number of benzene rings is 3. The third kappa shape index (κ3) is 5.99. The average molecular weight is 503 g/mol. The molecule has 10 nitrogen and oxygen atoms in total. The van der Waals surface area contributed by atoms with E-state index in [1.807, 2.05) is 6.92 Å². The van der Waals surface area contributed by atoms with Crippen LogP contribution in [0.5, 0.6) is 5.75 Å². The zero-order valence-electron chi connectivity index (χ0n) is 20.1. The van der Waals surface area contributed by atoms with Gasteiger partial charge in [0.2, 0.25) is 0 Å². The molecule has 190 valence electrons. The zero-order chi connectivity index (χ0) is 26.4. The summed E-state index contributed by atoms with van der Waals surface area (Å²) in [6.45, 7) is 2.38. The average Bonchev–Trinajstić information content (AvgIpc) is 2.91. The molecule has 37 heavy (non-hydrogen) atoms. The van der Waals surface area contributed by atoms with Crippen LogP contribution in [-0.2, 0) is 11.3 Å². The normalized spacial score (nSPS) is 12.6. The summed E-state index contributed by atoms with van der Waals surface area (Å²) >= 11 is 0. The highest BCUT2D eigenvalue weighted by atomic mass is 16.5. The van der Waals surface area contributed by atoms with Crippen LogP contribution in [-0.4, -0.2) is 43.7 Å². The van der Waals surface area contributed by atoms with Crippen molar-refractivity contribution in [3.8, 4) is 5.75 Å². The van der Waals surface area contributed by atoms with Crippen molar-refractivity contribution >= 4 is 28.5 Å². The molecular weight excluding hydrogens is 476 g/mol. The second-order valence-electron chi connectivity index (χ2n) is 8.35. The van der Waals surface area contributed by atoms with Crippen molar-refractivity contribution in [2.24, 2.45) is 5.92 Å². The molecule has 0 aliphatic rings. The number of carbonyl (C=O) groups excluding carboxylic acids is 1. The lowest BCUT2D eigenvalue weighted by molar-refractivity contribution is -0.146. The summed E-state index contributed by atoms with van der Waals surface area (Å²) in [5.74, 6) is -2.05. The molecule has 1 heterocycles.